The molecule has 0 spiro atoms. The number of pyridine rings is 1. The van der Waals surface area contributed by atoms with Gasteiger partial charge in [-0.15, -0.1) is 0 Å². The smallest absolute Gasteiger partial charge is 0.267 e. The van der Waals surface area contributed by atoms with Gasteiger partial charge in [0.2, 0.25) is 0 Å². The summed E-state index contributed by atoms with van der Waals surface area (Å²) in [6, 6.07) is 4.79. The Hall–Kier alpha value is -2.24. The van der Waals surface area contributed by atoms with Crippen molar-refractivity contribution in [1.29, 1.82) is 0 Å². The Kier molecular flexibility index (Phi) is 5.21. The van der Waals surface area contributed by atoms with Gasteiger partial charge in [-0.05, 0) is 31.6 Å². The van der Waals surface area contributed by atoms with Gasteiger partial charge in [0, 0.05) is 12.7 Å². The number of nitrogens with one attached hydrogen (secondary N) is 1. The molecule has 2 aromatic heterocycles. The second-order valence-corrected chi connectivity index (χ2v) is 10.7. The fourth-order valence-corrected chi connectivity index (χ4v) is 6.52. The van der Waals surface area contributed by atoms with Gasteiger partial charge in [0.05, 0.1) is 28.0 Å². The molecule has 1 amide bonds. The number of nitrogens with zero attached hydrogens (tertiary/aromatic N) is 3. The van der Waals surface area contributed by atoms with Crippen molar-refractivity contribution in [2.24, 2.45) is 0 Å². The minimum absolute atomic E-state index is 0.0499. The van der Waals surface area contributed by atoms with Gasteiger partial charge in [-0.1, -0.05) is 30.0 Å². The van der Waals surface area contributed by atoms with E-state index in [2.05, 4.69) is 10.3 Å². The molecule has 0 aliphatic carbocycles. The average molecular weight is 451 g/mol. The molecule has 0 saturated carbocycles. The average Bonchev–Trinajstić information content (AvgIpc) is 3.16. The third kappa shape index (κ3) is 3.69. The van der Waals surface area contributed by atoms with E-state index in [1.54, 1.807) is 24.4 Å². The van der Waals surface area contributed by atoms with Crippen LogP contribution in [0.5, 0.6) is 0 Å². The highest BCUT2D eigenvalue weighted by molar-refractivity contribution is 8.26. The largest absolute Gasteiger partial charge is 0.370 e. The van der Waals surface area contributed by atoms with E-state index in [1.807, 2.05) is 6.92 Å². The predicted molar refractivity (Wildman–Crippen MR) is 118 cm³/mol. The first kappa shape index (κ1) is 20.0. The van der Waals surface area contributed by atoms with Crippen LogP contribution in [0.1, 0.15) is 18.9 Å². The molecule has 2 aliphatic rings. The Morgan fingerprint density at radius 2 is 2.17 bits per heavy atom. The molecule has 1 N–H and O–H groups in total. The van der Waals surface area contributed by atoms with Gasteiger partial charge in [0.15, 0.2) is 9.84 Å². The summed E-state index contributed by atoms with van der Waals surface area (Å²) in [6.45, 7) is 2.44. The second kappa shape index (κ2) is 7.54. The molecular weight excluding hydrogens is 432 g/mol. The SMILES string of the molecule is CCNc1nc2ccccn2c(=O)c1C=C1SC(=S)N(C2CCS(=O)(=O)C2)C1=O. The molecule has 8 nitrogen and oxygen atoms in total. The van der Waals surface area contributed by atoms with Crippen molar-refractivity contribution in [1.82, 2.24) is 14.3 Å². The van der Waals surface area contributed by atoms with E-state index in [9.17, 15) is 18.0 Å². The first-order chi connectivity index (χ1) is 13.8. The Labute approximate surface area is 176 Å². The third-order valence-electron chi connectivity index (χ3n) is 4.79. The zero-order chi connectivity index (χ0) is 20.8. The normalized spacial score (nSPS) is 22.7. The summed E-state index contributed by atoms with van der Waals surface area (Å²) < 4.78 is 25.3. The Morgan fingerprint density at radius 1 is 1.38 bits per heavy atom. The summed E-state index contributed by atoms with van der Waals surface area (Å²) in [4.78, 5) is 32.1. The van der Waals surface area contributed by atoms with Crippen molar-refractivity contribution in [3.63, 3.8) is 0 Å². The van der Waals surface area contributed by atoms with Crippen molar-refractivity contribution >= 4 is 61.6 Å². The summed E-state index contributed by atoms with van der Waals surface area (Å²) in [6.07, 6.45) is 3.48. The number of aromatic nitrogens is 2. The lowest BCUT2D eigenvalue weighted by Crippen LogP contribution is -2.39. The van der Waals surface area contributed by atoms with Crippen LogP contribution in [0.3, 0.4) is 0 Å². The molecule has 29 heavy (non-hydrogen) atoms. The number of sulfone groups is 1. The van der Waals surface area contributed by atoms with E-state index in [0.29, 0.717) is 28.8 Å². The first-order valence-corrected chi connectivity index (χ1v) is 12.1. The maximum atomic E-state index is 13.0. The van der Waals surface area contributed by atoms with Crippen molar-refractivity contribution < 1.29 is 13.2 Å². The zero-order valence-corrected chi connectivity index (χ0v) is 17.9. The number of thioether (sulfide) groups is 1. The van der Waals surface area contributed by atoms with Crippen molar-refractivity contribution in [3.8, 4) is 0 Å². The van der Waals surface area contributed by atoms with Crippen LogP contribution >= 0.6 is 24.0 Å². The van der Waals surface area contributed by atoms with Gasteiger partial charge in [-0.2, -0.15) is 0 Å². The molecule has 0 radical (unpaired) electrons. The molecule has 152 valence electrons. The van der Waals surface area contributed by atoms with E-state index in [1.165, 1.54) is 15.4 Å². The number of rotatable bonds is 4. The quantitative estimate of drug-likeness (QED) is 0.553. The van der Waals surface area contributed by atoms with Crippen molar-refractivity contribution in [2.75, 3.05) is 23.4 Å². The fourth-order valence-electron chi connectivity index (χ4n) is 3.44. The van der Waals surface area contributed by atoms with Gasteiger partial charge >= 0.3 is 0 Å². The van der Waals surface area contributed by atoms with E-state index >= 15 is 0 Å². The summed E-state index contributed by atoms with van der Waals surface area (Å²) in [5.41, 5.74) is 0.449. The molecule has 2 aromatic rings. The highest BCUT2D eigenvalue weighted by atomic mass is 32.2. The Bertz CT molecular complexity index is 1220. The molecular formula is C18H18N4O4S3. The van der Waals surface area contributed by atoms with Gasteiger partial charge in [-0.3, -0.25) is 18.9 Å². The molecule has 1 unspecified atom stereocenters. The predicted octanol–water partition coefficient (Wildman–Crippen LogP) is 1.51. The number of carbonyl (C=O) groups excluding carboxylic acids is 1. The van der Waals surface area contributed by atoms with Crippen molar-refractivity contribution in [2.45, 2.75) is 19.4 Å². The fraction of sp³-hybridized carbons (Fsp3) is 0.333. The summed E-state index contributed by atoms with van der Waals surface area (Å²) in [5, 5.41) is 3.07. The third-order valence-corrected chi connectivity index (χ3v) is 7.87. The first-order valence-electron chi connectivity index (χ1n) is 9.03. The molecule has 4 rings (SSSR count). The van der Waals surface area contributed by atoms with Crippen LogP contribution in [0.2, 0.25) is 0 Å². The number of thiocarbonyl (C=S) groups is 1. The van der Waals surface area contributed by atoms with Crippen LogP contribution in [0, 0.1) is 0 Å². The van der Waals surface area contributed by atoms with Gasteiger partial charge in [-0.25, -0.2) is 13.4 Å². The number of fused-ring (bicyclic) bond motifs is 1. The standard InChI is InChI=1S/C18H18N4O4S3/c1-2-19-15-12(16(23)21-7-4-3-5-14(21)20-15)9-13-17(24)22(18(27)28-13)11-6-8-29(25,26)10-11/h3-5,7,9,11,19H,2,6,8,10H2,1H3. The van der Waals surface area contributed by atoms with Crippen LogP contribution in [-0.2, 0) is 14.6 Å². The molecule has 2 saturated heterocycles. The van der Waals surface area contributed by atoms with Gasteiger partial charge < -0.3 is 5.32 Å². The Balaban J connectivity index is 1.76. The highest BCUT2D eigenvalue weighted by Gasteiger charge is 2.42. The highest BCUT2D eigenvalue weighted by Crippen LogP contribution is 2.36. The van der Waals surface area contributed by atoms with E-state index in [-0.39, 0.29) is 33.4 Å². The van der Waals surface area contributed by atoms with Gasteiger partial charge in [0.1, 0.15) is 15.8 Å². The lowest BCUT2D eigenvalue weighted by atomic mass is 10.2. The molecule has 1 atom stereocenters. The number of hydrogen-bond donors (Lipinski definition) is 1. The molecule has 11 heteroatoms. The molecule has 2 aliphatic heterocycles. The van der Waals surface area contributed by atoms with Crippen LogP contribution < -0.4 is 10.9 Å². The van der Waals surface area contributed by atoms with Crippen LogP contribution in [0.4, 0.5) is 5.82 Å². The number of anilines is 1. The number of hydrogen-bond acceptors (Lipinski definition) is 8. The maximum absolute atomic E-state index is 13.0. The zero-order valence-electron chi connectivity index (χ0n) is 15.5. The van der Waals surface area contributed by atoms with E-state index < -0.39 is 15.9 Å². The number of amides is 1. The van der Waals surface area contributed by atoms with E-state index in [0.717, 1.165) is 11.8 Å². The lowest BCUT2D eigenvalue weighted by Gasteiger charge is -2.20. The molecule has 2 fully saturated rings. The van der Waals surface area contributed by atoms with Crippen LogP contribution in [0.25, 0.3) is 11.7 Å². The lowest BCUT2D eigenvalue weighted by molar-refractivity contribution is -0.123. The van der Waals surface area contributed by atoms with E-state index in [4.69, 9.17) is 12.2 Å². The number of carbonyl (C=O) groups is 1. The van der Waals surface area contributed by atoms with Crippen LogP contribution in [0.15, 0.2) is 34.1 Å². The monoisotopic (exact) mass is 450 g/mol. The Morgan fingerprint density at radius 3 is 2.86 bits per heavy atom. The minimum Gasteiger partial charge on any atom is -0.370 e. The minimum atomic E-state index is -3.16. The summed E-state index contributed by atoms with van der Waals surface area (Å²) >= 11 is 6.41. The molecule has 0 bridgehead atoms. The maximum Gasteiger partial charge on any atom is 0.267 e. The van der Waals surface area contributed by atoms with Gasteiger partial charge in [0.25, 0.3) is 11.5 Å². The topological polar surface area (TPSA) is 101 Å². The van der Waals surface area contributed by atoms with Crippen LogP contribution in [-0.4, -0.2) is 57.0 Å². The second-order valence-electron chi connectivity index (χ2n) is 6.75. The summed E-state index contributed by atoms with van der Waals surface area (Å²) in [5.74, 6) is -0.0244. The molecule has 0 aromatic carbocycles. The van der Waals surface area contributed by atoms with Crippen molar-refractivity contribution in [3.05, 3.63) is 45.2 Å². The summed E-state index contributed by atoms with van der Waals surface area (Å²) in [7, 11) is -3.16. The molecule has 4 heterocycles.